The minimum Gasteiger partial charge on any atom is -0.494 e. The number of methoxy groups -OCH3 is 1. The molecule has 4 aromatic rings. The Morgan fingerprint density at radius 2 is 1.76 bits per heavy atom. The molecule has 4 rings (SSSR count). The van der Waals surface area contributed by atoms with Crippen molar-refractivity contribution < 1.29 is 13.9 Å². The van der Waals surface area contributed by atoms with E-state index >= 15 is 0 Å². The van der Waals surface area contributed by atoms with Gasteiger partial charge in [0.2, 0.25) is 0 Å². The van der Waals surface area contributed by atoms with Gasteiger partial charge in [0.1, 0.15) is 22.6 Å². The molecule has 0 spiro atoms. The first-order valence-corrected chi connectivity index (χ1v) is 10.7. The van der Waals surface area contributed by atoms with Crippen molar-refractivity contribution in [3.63, 3.8) is 0 Å². The van der Waals surface area contributed by atoms with Crippen molar-refractivity contribution in [2.24, 2.45) is 0 Å². The second kappa shape index (κ2) is 9.30. The molecule has 2 N–H and O–H groups in total. The van der Waals surface area contributed by atoms with Crippen LogP contribution >= 0.6 is 35.4 Å². The van der Waals surface area contributed by atoms with Crippen LogP contribution in [0, 0.1) is 12.7 Å². The first kappa shape index (κ1) is 22.9. The van der Waals surface area contributed by atoms with E-state index in [-0.39, 0.29) is 32.3 Å². The number of hydrogen-bond donors (Lipinski definition) is 2. The summed E-state index contributed by atoms with van der Waals surface area (Å²) in [7, 11) is 1.40. The highest BCUT2D eigenvalue weighted by Crippen LogP contribution is 2.32. The number of thiocarbonyl (C=S) groups is 1. The van der Waals surface area contributed by atoms with Gasteiger partial charge in [-0.25, -0.2) is 4.39 Å². The van der Waals surface area contributed by atoms with Gasteiger partial charge in [-0.2, -0.15) is 4.80 Å². The molecule has 1 heterocycles. The van der Waals surface area contributed by atoms with Gasteiger partial charge in [-0.1, -0.05) is 23.2 Å². The number of ether oxygens (including phenoxy) is 1. The summed E-state index contributed by atoms with van der Waals surface area (Å²) >= 11 is 17.4. The number of carbonyl (C=O) groups excluding carboxylic acids is 1. The Bertz CT molecular complexity index is 1390. The number of carbonyl (C=O) groups is 1. The smallest absolute Gasteiger partial charge is 0.261 e. The van der Waals surface area contributed by atoms with Crippen molar-refractivity contribution in [3.05, 3.63) is 75.5 Å². The first-order valence-electron chi connectivity index (χ1n) is 9.54. The molecule has 0 aliphatic carbocycles. The average Bonchev–Trinajstić information content (AvgIpc) is 3.16. The maximum absolute atomic E-state index is 13.2. The molecular weight excluding hydrogens is 488 g/mol. The number of nitrogens with zero attached hydrogens (tertiary/aromatic N) is 3. The zero-order chi connectivity index (χ0) is 23.7. The quantitative estimate of drug-likeness (QED) is 0.367. The predicted molar refractivity (Wildman–Crippen MR) is 130 cm³/mol. The van der Waals surface area contributed by atoms with Crippen LogP contribution < -0.4 is 15.4 Å². The van der Waals surface area contributed by atoms with Crippen LogP contribution in [0.15, 0.2) is 48.5 Å². The van der Waals surface area contributed by atoms with Crippen LogP contribution in [0.2, 0.25) is 10.0 Å². The highest BCUT2D eigenvalue weighted by molar-refractivity contribution is 7.80. The highest BCUT2D eigenvalue weighted by Gasteiger charge is 2.18. The van der Waals surface area contributed by atoms with Crippen molar-refractivity contribution in [1.82, 2.24) is 20.3 Å². The second-order valence-electron chi connectivity index (χ2n) is 7.00. The van der Waals surface area contributed by atoms with Crippen LogP contribution in [0.3, 0.4) is 0 Å². The molecule has 0 unspecified atom stereocenters. The van der Waals surface area contributed by atoms with E-state index in [4.69, 9.17) is 40.2 Å². The van der Waals surface area contributed by atoms with Gasteiger partial charge in [0.25, 0.3) is 5.91 Å². The van der Waals surface area contributed by atoms with Crippen molar-refractivity contribution >= 4 is 63.2 Å². The van der Waals surface area contributed by atoms with Crippen LogP contribution in [0.5, 0.6) is 5.75 Å². The Morgan fingerprint density at radius 1 is 1.09 bits per heavy atom. The van der Waals surface area contributed by atoms with Crippen LogP contribution in [-0.4, -0.2) is 33.1 Å². The molecule has 33 heavy (non-hydrogen) atoms. The molecule has 1 aromatic heterocycles. The van der Waals surface area contributed by atoms with Gasteiger partial charge in [-0.15, -0.1) is 10.2 Å². The van der Waals surface area contributed by atoms with Gasteiger partial charge in [-0.3, -0.25) is 10.1 Å². The molecule has 0 aliphatic rings. The molecule has 3 aromatic carbocycles. The maximum atomic E-state index is 13.2. The number of benzene rings is 3. The lowest BCUT2D eigenvalue weighted by Crippen LogP contribution is -2.34. The summed E-state index contributed by atoms with van der Waals surface area (Å²) in [6, 6.07) is 12.3. The fourth-order valence-electron chi connectivity index (χ4n) is 3.15. The summed E-state index contributed by atoms with van der Waals surface area (Å²) in [6.45, 7) is 1.86. The second-order valence-corrected chi connectivity index (χ2v) is 8.25. The predicted octanol–water partition coefficient (Wildman–Crippen LogP) is 5.31. The van der Waals surface area contributed by atoms with E-state index in [2.05, 4.69) is 20.8 Å². The van der Waals surface area contributed by atoms with E-state index < -0.39 is 5.91 Å². The summed E-state index contributed by atoms with van der Waals surface area (Å²) in [6.07, 6.45) is 0. The van der Waals surface area contributed by atoms with Gasteiger partial charge in [-0.05, 0) is 73.2 Å². The summed E-state index contributed by atoms with van der Waals surface area (Å²) in [5, 5.41) is 15.0. The third-order valence-electron chi connectivity index (χ3n) is 4.72. The summed E-state index contributed by atoms with van der Waals surface area (Å²) in [5.74, 6) is -0.683. The maximum Gasteiger partial charge on any atom is 0.261 e. The Balaban J connectivity index is 1.55. The standard InChI is InChI=1S/C22H16Cl2FN5O2S/c1-11-7-18-19(29-30(28-18)14-5-3-13(25)4-6-14)10-17(11)26-22(33)27-21(31)15-8-12(23)9-16(24)20(15)32-2/h3-10H,1-2H3,(H2,26,27,31,33). The van der Waals surface area contributed by atoms with Gasteiger partial charge < -0.3 is 10.1 Å². The van der Waals surface area contributed by atoms with Crippen LogP contribution in [0.1, 0.15) is 15.9 Å². The summed E-state index contributed by atoms with van der Waals surface area (Å²) in [4.78, 5) is 14.1. The summed E-state index contributed by atoms with van der Waals surface area (Å²) < 4.78 is 18.4. The third kappa shape index (κ3) is 4.90. The Kier molecular flexibility index (Phi) is 6.46. The number of rotatable bonds is 4. The topological polar surface area (TPSA) is 81.1 Å². The molecular formula is C22H16Cl2FN5O2S. The van der Waals surface area contributed by atoms with Crippen LogP contribution in [0.25, 0.3) is 16.7 Å². The lowest BCUT2D eigenvalue weighted by molar-refractivity contribution is 0.0974. The number of aromatic nitrogens is 3. The van der Waals surface area contributed by atoms with Gasteiger partial charge in [0.15, 0.2) is 5.11 Å². The Morgan fingerprint density at radius 3 is 2.42 bits per heavy atom. The van der Waals surface area contributed by atoms with Crippen molar-refractivity contribution in [1.29, 1.82) is 0 Å². The number of amides is 1. The molecule has 0 fully saturated rings. The zero-order valence-electron chi connectivity index (χ0n) is 17.3. The van der Waals surface area contributed by atoms with E-state index in [0.717, 1.165) is 5.56 Å². The fourth-order valence-corrected chi connectivity index (χ4v) is 3.93. The molecule has 0 radical (unpaired) electrons. The average molecular weight is 504 g/mol. The zero-order valence-corrected chi connectivity index (χ0v) is 19.6. The van der Waals surface area contributed by atoms with Gasteiger partial charge in [0.05, 0.1) is 23.4 Å². The van der Waals surface area contributed by atoms with E-state index in [1.807, 2.05) is 13.0 Å². The SMILES string of the molecule is COc1c(Cl)cc(Cl)cc1C(=O)NC(=S)Nc1cc2nn(-c3ccc(F)cc3)nc2cc1C. The molecule has 0 bridgehead atoms. The molecule has 11 heteroatoms. The number of halogens is 3. The normalized spacial score (nSPS) is 10.8. The molecule has 168 valence electrons. The number of hydrogen-bond acceptors (Lipinski definition) is 5. The number of fused-ring (bicyclic) bond motifs is 1. The first-order chi connectivity index (χ1) is 15.7. The lowest BCUT2D eigenvalue weighted by Gasteiger charge is -2.14. The molecule has 0 saturated heterocycles. The molecule has 1 amide bonds. The monoisotopic (exact) mass is 503 g/mol. The number of aryl methyl sites for hydroxylation is 1. The van der Waals surface area contributed by atoms with Crippen LogP contribution in [-0.2, 0) is 0 Å². The number of anilines is 1. The Hall–Kier alpha value is -3.27. The van der Waals surface area contributed by atoms with Gasteiger partial charge >= 0.3 is 0 Å². The highest BCUT2D eigenvalue weighted by atomic mass is 35.5. The van der Waals surface area contributed by atoms with Gasteiger partial charge in [0, 0.05) is 10.7 Å². The Labute approximate surface area is 203 Å². The molecule has 0 saturated carbocycles. The van der Waals surface area contributed by atoms with E-state index in [1.165, 1.54) is 36.2 Å². The van der Waals surface area contributed by atoms with E-state index in [0.29, 0.717) is 22.4 Å². The largest absolute Gasteiger partial charge is 0.494 e. The van der Waals surface area contributed by atoms with Crippen molar-refractivity contribution in [2.45, 2.75) is 6.92 Å². The molecule has 0 atom stereocenters. The van der Waals surface area contributed by atoms with E-state index in [1.54, 1.807) is 18.2 Å². The minimum absolute atomic E-state index is 0.0616. The lowest BCUT2D eigenvalue weighted by atomic mass is 10.1. The third-order valence-corrected chi connectivity index (χ3v) is 5.42. The molecule has 7 nitrogen and oxygen atoms in total. The fraction of sp³-hybridized carbons (Fsp3) is 0.0909. The summed E-state index contributed by atoms with van der Waals surface area (Å²) in [5.41, 5.74) is 3.47. The molecule has 0 aliphatic heterocycles. The van der Waals surface area contributed by atoms with Crippen LogP contribution in [0.4, 0.5) is 10.1 Å². The van der Waals surface area contributed by atoms with E-state index in [9.17, 15) is 9.18 Å². The number of nitrogens with one attached hydrogen (secondary N) is 2. The van der Waals surface area contributed by atoms with Crippen molar-refractivity contribution in [3.8, 4) is 11.4 Å². The van der Waals surface area contributed by atoms with Crippen molar-refractivity contribution in [2.75, 3.05) is 12.4 Å². The minimum atomic E-state index is -0.533.